The molecule has 0 aromatic carbocycles. The number of phosphoric acid groups is 3. The van der Waals surface area contributed by atoms with Crippen molar-refractivity contribution < 1.29 is 61.4 Å². The molecule has 0 spiro atoms. The molecule has 1 aromatic rings. The van der Waals surface area contributed by atoms with Crippen LogP contribution in [0.4, 0.5) is 5.82 Å². The van der Waals surface area contributed by atoms with E-state index in [-0.39, 0.29) is 94.5 Å². The van der Waals surface area contributed by atoms with Gasteiger partial charge in [-0.25, -0.2) is 18.5 Å². The molecule has 0 saturated carbocycles. The second-order valence-electron chi connectivity index (χ2n) is 5.48. The SMILES string of the molecule is Nc1ccn([C@@H]2O[C@H](COP(=O)(O)OP(=O)(O)OP(=O)(O)O)[C@@H](O)[C@H]2O)c(=O)n1.[NaH].[NaH].[NaH]. The van der Waals surface area contributed by atoms with Gasteiger partial charge in [0.1, 0.15) is 24.1 Å². The van der Waals surface area contributed by atoms with E-state index in [1.165, 1.54) is 6.07 Å². The summed E-state index contributed by atoms with van der Waals surface area (Å²) in [5.74, 6) is -0.122. The Balaban J connectivity index is 0. The van der Waals surface area contributed by atoms with Crippen molar-refractivity contribution in [3.63, 3.8) is 0 Å². The Labute approximate surface area is 246 Å². The number of hydrogen-bond acceptors (Lipinski definition) is 12. The van der Waals surface area contributed by atoms with E-state index in [2.05, 4.69) is 18.1 Å². The maximum absolute atomic E-state index is 11.8. The first kappa shape index (κ1) is 36.1. The average Bonchev–Trinajstić information content (AvgIpc) is 2.78. The molecular formula is C9H19N3Na3O14P3. The van der Waals surface area contributed by atoms with Gasteiger partial charge in [-0.05, 0) is 6.07 Å². The Bertz CT molecular complexity index is 960. The van der Waals surface area contributed by atoms with Crippen LogP contribution in [0, 0.1) is 0 Å². The van der Waals surface area contributed by atoms with E-state index in [1.54, 1.807) is 0 Å². The standard InChI is InChI=1S/C9H16N3O14P3.3Na.3H/c10-5-1-2-12(9(15)11-5)8-7(14)6(13)4(24-8)3-23-28(19,20)26-29(21,22)25-27(16,17)18;;;;;;/h1-2,4,6-8,13-14H,3H2,(H,19,20)(H,21,22)(H2,10,11,15)(H2,16,17,18);;;;;;/t4-,6-,7-,8-;;;;;;/m1....../s1. The number of phosphoric ester groups is 1. The van der Waals surface area contributed by atoms with Crippen molar-refractivity contribution in [2.45, 2.75) is 24.5 Å². The molecule has 2 unspecified atom stereocenters. The molecule has 1 aromatic heterocycles. The first-order valence-electron chi connectivity index (χ1n) is 7.25. The summed E-state index contributed by atoms with van der Waals surface area (Å²) < 4.78 is 50.8. The Morgan fingerprint density at radius 1 is 1.03 bits per heavy atom. The third kappa shape index (κ3) is 10.9. The van der Waals surface area contributed by atoms with Crippen molar-refractivity contribution in [2.24, 2.45) is 0 Å². The third-order valence-corrected chi connectivity index (χ3v) is 7.08. The van der Waals surface area contributed by atoms with E-state index in [1.807, 2.05) is 0 Å². The second-order valence-corrected chi connectivity index (χ2v) is 9.90. The second kappa shape index (κ2) is 14.1. The molecule has 2 heterocycles. The van der Waals surface area contributed by atoms with Crippen LogP contribution in [-0.4, -0.2) is 153 Å². The molecular weight excluding hydrogens is 536 g/mol. The van der Waals surface area contributed by atoms with Gasteiger partial charge in [0.2, 0.25) is 0 Å². The fourth-order valence-corrected chi connectivity index (χ4v) is 5.22. The van der Waals surface area contributed by atoms with Crippen molar-refractivity contribution in [1.29, 1.82) is 0 Å². The molecule has 0 amide bonds. The molecule has 0 bridgehead atoms. The van der Waals surface area contributed by atoms with E-state index >= 15 is 0 Å². The van der Waals surface area contributed by atoms with E-state index in [0.29, 0.717) is 0 Å². The van der Waals surface area contributed by atoms with Gasteiger partial charge in [0.25, 0.3) is 0 Å². The Morgan fingerprint density at radius 3 is 2.09 bits per heavy atom. The minimum absolute atomic E-state index is 0. The molecule has 6 atom stereocenters. The van der Waals surface area contributed by atoms with Crippen molar-refractivity contribution in [2.75, 3.05) is 12.3 Å². The summed E-state index contributed by atoms with van der Waals surface area (Å²) in [7, 11) is -16.7. The average molecular weight is 555 g/mol. The summed E-state index contributed by atoms with van der Waals surface area (Å²) in [6.45, 7) is -1.02. The maximum atomic E-state index is 11.8. The Hall–Kier alpha value is 1.97. The van der Waals surface area contributed by atoms with Crippen molar-refractivity contribution in [3.8, 4) is 0 Å². The van der Waals surface area contributed by atoms with Crippen LogP contribution < -0.4 is 11.4 Å². The predicted octanol–water partition coefficient (Wildman–Crippen LogP) is -4.16. The molecule has 17 nitrogen and oxygen atoms in total. The van der Waals surface area contributed by atoms with Gasteiger partial charge in [-0.3, -0.25) is 9.09 Å². The van der Waals surface area contributed by atoms with E-state index < -0.39 is 60.3 Å². The monoisotopic (exact) mass is 555 g/mol. The molecule has 172 valence electrons. The van der Waals surface area contributed by atoms with Crippen LogP contribution in [0.25, 0.3) is 0 Å². The summed E-state index contributed by atoms with van der Waals surface area (Å²) in [6, 6.07) is 1.20. The van der Waals surface area contributed by atoms with Gasteiger partial charge >= 0.3 is 118 Å². The summed E-state index contributed by atoms with van der Waals surface area (Å²) in [5, 5.41) is 20.0. The number of rotatable bonds is 8. The molecule has 0 aliphatic carbocycles. The first-order chi connectivity index (χ1) is 13.1. The zero-order valence-corrected chi connectivity index (χ0v) is 16.6. The number of aromatic nitrogens is 2. The number of nitrogen functional groups attached to an aromatic ring is 1. The van der Waals surface area contributed by atoms with Crippen molar-refractivity contribution in [3.05, 3.63) is 22.7 Å². The third-order valence-electron chi connectivity index (χ3n) is 3.28. The van der Waals surface area contributed by atoms with Crippen LogP contribution in [0.2, 0.25) is 0 Å². The number of hydrogen-bond donors (Lipinski definition) is 7. The fourth-order valence-electron chi connectivity index (χ4n) is 2.19. The number of aliphatic hydroxyl groups is 2. The molecule has 32 heavy (non-hydrogen) atoms. The molecule has 23 heteroatoms. The van der Waals surface area contributed by atoms with E-state index in [0.717, 1.165) is 10.8 Å². The van der Waals surface area contributed by atoms with Gasteiger partial charge in [-0.1, -0.05) is 0 Å². The summed E-state index contributed by atoms with van der Waals surface area (Å²) in [6.07, 6.45) is -5.38. The molecule has 2 rings (SSSR count). The van der Waals surface area contributed by atoms with Crippen LogP contribution >= 0.6 is 23.5 Å². The number of nitrogens with two attached hydrogens (primary N) is 1. The number of ether oxygens (including phenoxy) is 1. The molecule has 1 saturated heterocycles. The van der Waals surface area contributed by atoms with Gasteiger partial charge in [0, 0.05) is 6.20 Å². The van der Waals surface area contributed by atoms with Crippen LogP contribution in [0.5, 0.6) is 0 Å². The van der Waals surface area contributed by atoms with Crippen LogP contribution in [0.3, 0.4) is 0 Å². The van der Waals surface area contributed by atoms with E-state index in [9.17, 15) is 33.6 Å². The van der Waals surface area contributed by atoms with Gasteiger partial charge in [-0.2, -0.15) is 13.6 Å². The molecule has 1 aliphatic heterocycles. The topological polar surface area (TPSA) is 270 Å². The van der Waals surface area contributed by atoms with Crippen molar-refractivity contribution in [1.82, 2.24) is 9.55 Å². The van der Waals surface area contributed by atoms with Crippen molar-refractivity contribution >= 4 is 118 Å². The van der Waals surface area contributed by atoms with Crippen LogP contribution in [-0.2, 0) is 31.6 Å². The molecule has 1 aliphatic rings. The number of nitrogens with zero attached hydrogens (tertiary/aromatic N) is 2. The van der Waals surface area contributed by atoms with Gasteiger partial charge in [0.05, 0.1) is 6.61 Å². The number of aliphatic hydroxyl groups excluding tert-OH is 2. The molecule has 1 fully saturated rings. The van der Waals surface area contributed by atoms with Gasteiger partial charge < -0.3 is 40.3 Å². The fraction of sp³-hybridized carbons (Fsp3) is 0.556. The van der Waals surface area contributed by atoms with Gasteiger partial charge in [-0.15, -0.1) is 0 Å². The molecule has 8 N–H and O–H groups in total. The predicted molar refractivity (Wildman–Crippen MR) is 110 cm³/mol. The Kier molecular flexibility index (Phi) is 15.9. The minimum atomic E-state index is -5.71. The quantitative estimate of drug-likeness (QED) is 0.118. The Morgan fingerprint density at radius 2 is 1.59 bits per heavy atom. The normalized spacial score (nSPS) is 26.6. The van der Waals surface area contributed by atoms with E-state index in [4.69, 9.17) is 25.2 Å². The summed E-state index contributed by atoms with van der Waals surface area (Å²) in [5.41, 5.74) is 4.39. The number of anilines is 1. The molecule has 0 radical (unpaired) electrons. The summed E-state index contributed by atoms with van der Waals surface area (Å²) >= 11 is 0. The van der Waals surface area contributed by atoms with Crippen LogP contribution in [0.1, 0.15) is 6.23 Å². The van der Waals surface area contributed by atoms with Crippen LogP contribution in [0.15, 0.2) is 17.1 Å². The zero-order valence-electron chi connectivity index (χ0n) is 13.9. The zero-order chi connectivity index (χ0) is 22.2. The summed E-state index contributed by atoms with van der Waals surface area (Å²) in [4.78, 5) is 50.5. The first-order valence-corrected chi connectivity index (χ1v) is 11.8. The van der Waals surface area contributed by atoms with Gasteiger partial charge in [0.15, 0.2) is 6.23 Å².